The highest BCUT2D eigenvalue weighted by Gasteiger charge is 2.37. The monoisotopic (exact) mass is 239 g/mol. The van der Waals surface area contributed by atoms with E-state index in [1.807, 2.05) is 4.90 Å². The molecule has 17 heavy (non-hydrogen) atoms. The number of aliphatic carboxylic acids is 1. The summed E-state index contributed by atoms with van der Waals surface area (Å²) in [7, 11) is 0. The Labute approximate surface area is 102 Å². The number of carbonyl (C=O) groups is 2. The number of carbonyl (C=O) groups excluding carboxylic acids is 1. The molecule has 2 rings (SSSR count). The van der Waals surface area contributed by atoms with Gasteiger partial charge in [0.1, 0.15) is 0 Å². The zero-order chi connectivity index (χ0) is 12.3. The maximum Gasteiger partial charge on any atom is 0.308 e. The zero-order valence-corrected chi connectivity index (χ0v) is 10.2. The van der Waals surface area contributed by atoms with Gasteiger partial charge in [0.15, 0.2) is 0 Å². The molecule has 0 bridgehead atoms. The van der Waals surface area contributed by atoms with Crippen LogP contribution in [-0.2, 0) is 9.59 Å². The largest absolute Gasteiger partial charge is 0.481 e. The Hall–Kier alpha value is -1.06. The average molecular weight is 239 g/mol. The Kier molecular flexibility index (Phi) is 4.02. The Morgan fingerprint density at radius 2 is 1.71 bits per heavy atom. The quantitative estimate of drug-likeness (QED) is 0.802. The molecule has 2 fully saturated rings. The number of carboxylic acids is 1. The predicted molar refractivity (Wildman–Crippen MR) is 63.6 cm³/mol. The van der Waals surface area contributed by atoms with Crippen LogP contribution >= 0.6 is 0 Å². The maximum atomic E-state index is 11.8. The van der Waals surface area contributed by atoms with Gasteiger partial charge in [-0.05, 0) is 12.8 Å². The highest BCUT2D eigenvalue weighted by Crippen LogP contribution is 2.27. The van der Waals surface area contributed by atoms with Gasteiger partial charge in [-0.2, -0.15) is 0 Å². The molecule has 2 aliphatic rings. The van der Waals surface area contributed by atoms with E-state index in [4.69, 9.17) is 5.11 Å². The number of carboxylic acid groups (broad SMARTS) is 1. The van der Waals surface area contributed by atoms with E-state index >= 15 is 0 Å². The summed E-state index contributed by atoms with van der Waals surface area (Å²) in [6, 6.07) is 0.298. The lowest BCUT2D eigenvalue weighted by Crippen LogP contribution is -2.37. The lowest BCUT2D eigenvalue weighted by atomic mass is 9.96. The molecule has 1 saturated carbocycles. The fraction of sp³-hybridized carbons (Fsp3) is 0.846. The van der Waals surface area contributed by atoms with Gasteiger partial charge in [-0.15, -0.1) is 0 Å². The van der Waals surface area contributed by atoms with Crippen LogP contribution in [0.15, 0.2) is 0 Å². The summed E-state index contributed by atoms with van der Waals surface area (Å²) in [5.41, 5.74) is 0. The molecule has 0 aromatic rings. The first-order chi connectivity index (χ1) is 8.18. The molecule has 0 aromatic carbocycles. The number of likely N-dealkylation sites (tertiary alicyclic amines) is 1. The van der Waals surface area contributed by atoms with Crippen molar-refractivity contribution in [2.24, 2.45) is 5.92 Å². The van der Waals surface area contributed by atoms with Crippen LogP contribution in [0.2, 0.25) is 0 Å². The third-order valence-electron chi connectivity index (χ3n) is 4.02. The molecule has 1 aliphatic carbocycles. The zero-order valence-electron chi connectivity index (χ0n) is 10.2. The van der Waals surface area contributed by atoms with Crippen LogP contribution in [0, 0.1) is 5.92 Å². The standard InChI is InChI=1S/C13H21NO3/c15-12-8-10(13(16)17)9-14(12)11-6-4-2-1-3-5-7-11/h10-11H,1-9H2,(H,16,17). The van der Waals surface area contributed by atoms with Crippen molar-refractivity contribution in [3.8, 4) is 0 Å². The average Bonchev–Trinajstić information content (AvgIpc) is 2.60. The van der Waals surface area contributed by atoms with Gasteiger partial charge in [-0.1, -0.05) is 32.1 Å². The van der Waals surface area contributed by atoms with Gasteiger partial charge >= 0.3 is 5.97 Å². The van der Waals surface area contributed by atoms with Crippen molar-refractivity contribution in [3.05, 3.63) is 0 Å². The summed E-state index contributed by atoms with van der Waals surface area (Å²) in [5, 5.41) is 8.97. The van der Waals surface area contributed by atoms with Gasteiger partial charge in [-0.25, -0.2) is 0 Å². The van der Waals surface area contributed by atoms with E-state index < -0.39 is 11.9 Å². The van der Waals surface area contributed by atoms with Crippen LogP contribution in [0.3, 0.4) is 0 Å². The molecule has 1 unspecified atom stereocenters. The molecule has 1 atom stereocenters. The van der Waals surface area contributed by atoms with Gasteiger partial charge in [0.25, 0.3) is 0 Å². The van der Waals surface area contributed by atoms with Gasteiger partial charge < -0.3 is 10.0 Å². The number of rotatable bonds is 2. The summed E-state index contributed by atoms with van der Waals surface area (Å²) in [4.78, 5) is 24.6. The molecule has 0 spiro atoms. The molecule has 1 aliphatic heterocycles. The molecule has 0 radical (unpaired) electrons. The minimum absolute atomic E-state index is 0.0444. The van der Waals surface area contributed by atoms with Crippen molar-refractivity contribution in [1.82, 2.24) is 4.90 Å². The van der Waals surface area contributed by atoms with E-state index in [1.165, 1.54) is 32.1 Å². The van der Waals surface area contributed by atoms with Crippen molar-refractivity contribution >= 4 is 11.9 Å². The molecular weight excluding hydrogens is 218 g/mol. The van der Waals surface area contributed by atoms with Crippen LogP contribution < -0.4 is 0 Å². The lowest BCUT2D eigenvalue weighted by molar-refractivity contribution is -0.141. The van der Waals surface area contributed by atoms with E-state index in [9.17, 15) is 9.59 Å². The second-order valence-electron chi connectivity index (χ2n) is 5.28. The highest BCUT2D eigenvalue weighted by atomic mass is 16.4. The van der Waals surface area contributed by atoms with Crippen molar-refractivity contribution in [1.29, 1.82) is 0 Å². The summed E-state index contributed by atoms with van der Waals surface area (Å²) >= 11 is 0. The van der Waals surface area contributed by atoms with E-state index in [0.29, 0.717) is 12.6 Å². The van der Waals surface area contributed by atoms with E-state index in [-0.39, 0.29) is 12.3 Å². The van der Waals surface area contributed by atoms with E-state index in [2.05, 4.69) is 0 Å². The fourth-order valence-corrected chi connectivity index (χ4v) is 3.00. The van der Waals surface area contributed by atoms with Crippen LogP contribution in [-0.4, -0.2) is 34.5 Å². The SMILES string of the molecule is O=C(O)C1CC(=O)N(C2CCCCCCC2)C1. The number of hydrogen-bond donors (Lipinski definition) is 1. The molecule has 96 valence electrons. The summed E-state index contributed by atoms with van der Waals surface area (Å²) in [5.74, 6) is -1.26. The highest BCUT2D eigenvalue weighted by molar-refractivity contribution is 5.86. The van der Waals surface area contributed by atoms with E-state index in [1.54, 1.807) is 0 Å². The Bertz CT molecular complexity index is 295. The summed E-state index contributed by atoms with van der Waals surface area (Å²) in [6.07, 6.45) is 8.46. The smallest absolute Gasteiger partial charge is 0.308 e. The third kappa shape index (κ3) is 2.99. The molecule has 4 nitrogen and oxygen atoms in total. The second kappa shape index (κ2) is 5.52. The summed E-state index contributed by atoms with van der Waals surface area (Å²) < 4.78 is 0. The predicted octanol–water partition coefficient (Wildman–Crippen LogP) is 2.03. The van der Waals surface area contributed by atoms with Crippen LogP contribution in [0.5, 0.6) is 0 Å². The van der Waals surface area contributed by atoms with Crippen LogP contribution in [0.25, 0.3) is 0 Å². The molecule has 1 N–H and O–H groups in total. The molecular formula is C13H21NO3. The molecule has 0 aromatic heterocycles. The third-order valence-corrected chi connectivity index (χ3v) is 4.02. The van der Waals surface area contributed by atoms with Gasteiger partial charge in [0.2, 0.25) is 5.91 Å². The number of hydrogen-bond acceptors (Lipinski definition) is 2. The first-order valence-corrected chi connectivity index (χ1v) is 6.71. The van der Waals surface area contributed by atoms with E-state index in [0.717, 1.165) is 12.8 Å². The summed E-state index contributed by atoms with van der Waals surface area (Å²) in [6.45, 7) is 0.429. The maximum absolute atomic E-state index is 11.8. The van der Waals surface area contributed by atoms with Crippen molar-refractivity contribution in [2.75, 3.05) is 6.54 Å². The molecule has 1 heterocycles. The normalized spacial score (nSPS) is 27.9. The first kappa shape index (κ1) is 12.4. The lowest BCUT2D eigenvalue weighted by Gasteiger charge is -2.29. The Morgan fingerprint density at radius 3 is 2.24 bits per heavy atom. The first-order valence-electron chi connectivity index (χ1n) is 6.71. The minimum Gasteiger partial charge on any atom is -0.481 e. The van der Waals surface area contributed by atoms with Crippen molar-refractivity contribution in [3.63, 3.8) is 0 Å². The number of nitrogens with zero attached hydrogens (tertiary/aromatic N) is 1. The molecule has 1 saturated heterocycles. The van der Waals surface area contributed by atoms with Crippen molar-refractivity contribution in [2.45, 2.75) is 57.4 Å². The van der Waals surface area contributed by atoms with Gasteiger partial charge in [0, 0.05) is 19.0 Å². The van der Waals surface area contributed by atoms with Gasteiger partial charge in [0.05, 0.1) is 5.92 Å². The van der Waals surface area contributed by atoms with Crippen molar-refractivity contribution < 1.29 is 14.7 Å². The fourth-order valence-electron chi connectivity index (χ4n) is 3.00. The molecule has 4 heteroatoms. The Balaban J connectivity index is 1.95. The van der Waals surface area contributed by atoms with Crippen LogP contribution in [0.1, 0.15) is 51.4 Å². The minimum atomic E-state index is -0.827. The topological polar surface area (TPSA) is 57.6 Å². The molecule has 1 amide bonds. The number of amides is 1. The van der Waals surface area contributed by atoms with Crippen LogP contribution in [0.4, 0.5) is 0 Å². The van der Waals surface area contributed by atoms with Gasteiger partial charge in [-0.3, -0.25) is 9.59 Å². The second-order valence-corrected chi connectivity index (χ2v) is 5.28. The Morgan fingerprint density at radius 1 is 1.12 bits per heavy atom.